The van der Waals surface area contributed by atoms with Crippen molar-refractivity contribution in [1.29, 1.82) is 0 Å². The number of amides is 2. The summed E-state index contributed by atoms with van der Waals surface area (Å²) < 4.78 is 0. The molecular weight excluding hydrogens is 530 g/mol. The van der Waals surface area contributed by atoms with Gasteiger partial charge in [0.15, 0.2) is 11.4 Å². The first-order chi connectivity index (χ1) is 19.0. The molecule has 1 fully saturated rings. The van der Waals surface area contributed by atoms with Gasteiger partial charge in [-0.15, -0.1) is 0 Å². The van der Waals surface area contributed by atoms with Crippen molar-refractivity contribution >= 4 is 45.6 Å². The van der Waals surface area contributed by atoms with Gasteiger partial charge in [0, 0.05) is 28.0 Å². The molecule has 1 saturated carbocycles. The number of anilines is 1. The minimum atomic E-state index is -2.69. The van der Waals surface area contributed by atoms with Gasteiger partial charge in [-0.2, -0.15) is 0 Å². The number of phenolic OH excluding ortho intramolecular Hbond substituents is 1. The third kappa shape index (κ3) is 4.02. The van der Waals surface area contributed by atoms with Gasteiger partial charge in [-0.25, -0.2) is 0 Å². The van der Waals surface area contributed by atoms with Crippen LogP contribution in [0.1, 0.15) is 38.3 Å². The zero-order valence-electron chi connectivity index (χ0n) is 23.4. The number of aromatic hydroxyl groups is 1. The van der Waals surface area contributed by atoms with E-state index in [1.807, 2.05) is 0 Å². The molecule has 0 radical (unpaired) electrons. The number of phenols is 1. The molecule has 0 saturated heterocycles. The van der Waals surface area contributed by atoms with Crippen LogP contribution in [0.2, 0.25) is 0 Å². The highest BCUT2D eigenvalue weighted by Gasteiger charge is 2.64. The second-order valence-corrected chi connectivity index (χ2v) is 12.4. The van der Waals surface area contributed by atoms with Crippen LogP contribution < -0.4 is 11.1 Å². The Morgan fingerprint density at radius 2 is 1.76 bits per heavy atom. The van der Waals surface area contributed by atoms with Gasteiger partial charge in [-0.3, -0.25) is 24.1 Å². The van der Waals surface area contributed by atoms with E-state index in [1.165, 1.54) is 4.90 Å². The molecule has 0 spiro atoms. The molecule has 2 amide bonds. The Hall–Kier alpha value is -4.22. The van der Waals surface area contributed by atoms with Gasteiger partial charge in [0.2, 0.25) is 11.7 Å². The fraction of sp³-hybridized carbons (Fsp3) is 0.400. The molecule has 41 heavy (non-hydrogen) atoms. The van der Waals surface area contributed by atoms with Crippen LogP contribution in [-0.4, -0.2) is 74.4 Å². The van der Waals surface area contributed by atoms with Crippen LogP contribution in [0.3, 0.4) is 0 Å². The molecule has 11 nitrogen and oxygen atoms in total. The lowest BCUT2D eigenvalue weighted by atomic mass is 9.57. The van der Waals surface area contributed by atoms with Crippen molar-refractivity contribution < 1.29 is 39.6 Å². The number of Topliss-reactive ketones (excluding diaryl/α,β-unsaturated/α-hetero) is 2. The Balaban J connectivity index is 1.67. The molecular formula is C30H33N3O8. The standard InChI is InChI=1S/C30H33N3O8/c1-29(2,3)28(40)32-15-7-6-12-8-13-9-14-10-17-21(33(4)5)24(36)20(27(31)39)26(38)30(17,41)25(37)19(14)23(35)18(13)22(34)16(12)11-15/h6-8,11,14,17,21,34-35,38,41H,9-10H2,1-5H3,(H2,31,39)(H,32,40)/t14-,17-,21-,30-/m0/s1. The van der Waals surface area contributed by atoms with Gasteiger partial charge in [-0.1, -0.05) is 32.9 Å². The molecule has 3 aliphatic carbocycles. The predicted octanol–water partition coefficient (Wildman–Crippen LogP) is 2.10. The molecule has 2 aromatic carbocycles. The highest BCUT2D eigenvalue weighted by atomic mass is 16.3. The van der Waals surface area contributed by atoms with E-state index < -0.39 is 63.5 Å². The molecule has 2 aromatic rings. The topological polar surface area (TPSA) is 190 Å². The number of nitrogens with two attached hydrogens (primary N) is 1. The molecule has 7 N–H and O–H groups in total. The smallest absolute Gasteiger partial charge is 0.255 e. The summed E-state index contributed by atoms with van der Waals surface area (Å²) in [4.78, 5) is 53.2. The fourth-order valence-electron chi connectivity index (χ4n) is 6.41. The molecule has 0 bridgehead atoms. The molecule has 11 heteroatoms. The number of nitrogens with zero attached hydrogens (tertiary/aromatic N) is 1. The third-order valence-electron chi connectivity index (χ3n) is 8.46. The Morgan fingerprint density at radius 1 is 1.10 bits per heavy atom. The number of likely N-dealkylation sites (N-methyl/N-ethyl adjacent to an activating group) is 1. The Morgan fingerprint density at radius 3 is 2.34 bits per heavy atom. The van der Waals surface area contributed by atoms with E-state index in [0.717, 1.165) is 0 Å². The number of hydrogen-bond acceptors (Lipinski definition) is 9. The van der Waals surface area contributed by atoms with Gasteiger partial charge >= 0.3 is 0 Å². The van der Waals surface area contributed by atoms with Gasteiger partial charge in [0.1, 0.15) is 22.8 Å². The van der Waals surface area contributed by atoms with Crippen molar-refractivity contribution in [3.63, 3.8) is 0 Å². The van der Waals surface area contributed by atoms with E-state index >= 15 is 0 Å². The van der Waals surface area contributed by atoms with Crippen LogP contribution >= 0.6 is 0 Å². The monoisotopic (exact) mass is 563 g/mol. The zero-order valence-corrected chi connectivity index (χ0v) is 23.4. The van der Waals surface area contributed by atoms with E-state index in [-0.39, 0.29) is 35.6 Å². The van der Waals surface area contributed by atoms with Crippen LogP contribution in [0.15, 0.2) is 41.2 Å². The maximum atomic E-state index is 14.0. The lowest BCUT2D eigenvalue weighted by Crippen LogP contribution is -2.65. The number of nitrogens with one attached hydrogen (secondary N) is 1. The van der Waals surface area contributed by atoms with Crippen molar-refractivity contribution in [3.05, 3.63) is 52.3 Å². The number of fused-ring (bicyclic) bond motifs is 4. The maximum absolute atomic E-state index is 14.0. The quantitative estimate of drug-likeness (QED) is 0.304. The first kappa shape index (κ1) is 28.3. The summed E-state index contributed by atoms with van der Waals surface area (Å²) in [6, 6.07) is 5.62. The van der Waals surface area contributed by atoms with E-state index in [1.54, 1.807) is 59.1 Å². The van der Waals surface area contributed by atoms with E-state index in [4.69, 9.17) is 5.73 Å². The molecule has 0 unspecified atom stereocenters. The van der Waals surface area contributed by atoms with Gasteiger partial charge in [-0.05, 0) is 55.9 Å². The van der Waals surface area contributed by atoms with Crippen LogP contribution in [0.4, 0.5) is 5.69 Å². The largest absolute Gasteiger partial charge is 0.508 e. The summed E-state index contributed by atoms with van der Waals surface area (Å²) in [7, 11) is 3.10. The molecule has 0 aromatic heterocycles. The average molecular weight is 564 g/mol. The first-order valence-electron chi connectivity index (χ1n) is 13.2. The number of primary amides is 1. The number of carbonyl (C=O) groups is 4. The third-order valence-corrected chi connectivity index (χ3v) is 8.46. The zero-order chi connectivity index (χ0) is 30.3. The highest BCUT2D eigenvalue weighted by molar-refractivity contribution is 6.24. The van der Waals surface area contributed by atoms with Crippen molar-refractivity contribution in [2.75, 3.05) is 19.4 Å². The van der Waals surface area contributed by atoms with Crippen LogP contribution in [0, 0.1) is 17.3 Å². The molecule has 3 aliphatic rings. The molecule has 0 aliphatic heterocycles. The molecule has 216 valence electrons. The first-order valence-corrected chi connectivity index (χ1v) is 13.2. The summed E-state index contributed by atoms with van der Waals surface area (Å²) in [6.45, 7) is 5.29. The molecule has 4 atom stereocenters. The number of carbonyl (C=O) groups excluding carboxylic acids is 4. The second-order valence-electron chi connectivity index (χ2n) is 12.4. The number of rotatable bonds is 3. The van der Waals surface area contributed by atoms with Gasteiger partial charge in [0.05, 0.1) is 11.6 Å². The summed E-state index contributed by atoms with van der Waals surface area (Å²) >= 11 is 0. The summed E-state index contributed by atoms with van der Waals surface area (Å²) in [6.07, 6.45) is 0.211. The second kappa shape index (κ2) is 9.15. The van der Waals surface area contributed by atoms with Gasteiger partial charge in [0.25, 0.3) is 5.91 Å². The Kier molecular flexibility index (Phi) is 6.32. The number of ketones is 2. The van der Waals surface area contributed by atoms with E-state index in [9.17, 15) is 39.6 Å². The lowest BCUT2D eigenvalue weighted by molar-refractivity contribution is -0.153. The van der Waals surface area contributed by atoms with Crippen molar-refractivity contribution in [2.45, 2.75) is 45.3 Å². The van der Waals surface area contributed by atoms with Crippen molar-refractivity contribution in [2.24, 2.45) is 23.0 Å². The van der Waals surface area contributed by atoms with Crippen LogP contribution in [0.5, 0.6) is 5.75 Å². The van der Waals surface area contributed by atoms with Gasteiger partial charge < -0.3 is 31.5 Å². The maximum Gasteiger partial charge on any atom is 0.255 e. The number of aliphatic hydroxyl groups is 3. The normalized spacial score (nSPS) is 26.2. The minimum absolute atomic E-state index is 0.00640. The van der Waals surface area contributed by atoms with E-state index in [0.29, 0.717) is 22.0 Å². The number of aliphatic hydroxyl groups excluding tert-OH is 2. The lowest BCUT2D eigenvalue weighted by Gasteiger charge is -2.50. The average Bonchev–Trinajstić information content (AvgIpc) is 2.85. The molecule has 5 rings (SSSR count). The highest BCUT2D eigenvalue weighted by Crippen LogP contribution is 2.53. The summed E-state index contributed by atoms with van der Waals surface area (Å²) in [5.74, 6) is -7.19. The fourth-order valence-corrected chi connectivity index (χ4v) is 6.41. The predicted molar refractivity (Wildman–Crippen MR) is 150 cm³/mol. The summed E-state index contributed by atoms with van der Waals surface area (Å²) in [5, 5.41) is 49.2. The van der Waals surface area contributed by atoms with Crippen LogP contribution in [0.25, 0.3) is 16.5 Å². The minimum Gasteiger partial charge on any atom is -0.508 e. The van der Waals surface area contributed by atoms with Crippen molar-refractivity contribution in [1.82, 2.24) is 4.90 Å². The Bertz CT molecular complexity index is 1630. The summed E-state index contributed by atoms with van der Waals surface area (Å²) in [5.41, 5.74) is 1.90. The number of benzene rings is 2. The van der Waals surface area contributed by atoms with E-state index in [2.05, 4.69) is 5.32 Å². The van der Waals surface area contributed by atoms with Crippen LogP contribution in [-0.2, 0) is 25.6 Å². The molecule has 0 heterocycles. The SMILES string of the molecule is CN(C)[C@@H]1C(=O)C(C(N)=O)=C(O)[C@@]2(O)C(=O)C3=C(O)c4c(cc5ccc(NC(=O)C(C)(C)C)cc5c4O)C[C@H]3C[C@@H]12. The van der Waals surface area contributed by atoms with Crippen molar-refractivity contribution in [3.8, 4) is 5.75 Å². The Labute approximate surface area is 235 Å². The number of hydrogen-bond donors (Lipinski definition) is 6.